The molecule has 0 saturated heterocycles. The fraction of sp³-hybridized carbons (Fsp3) is 0.167. The first-order chi connectivity index (χ1) is 9.38. The van der Waals surface area contributed by atoms with Gasteiger partial charge in [-0.3, -0.25) is 0 Å². The van der Waals surface area contributed by atoms with Crippen molar-refractivity contribution in [2.45, 2.75) is 10.6 Å². The number of anilines is 1. The summed E-state index contributed by atoms with van der Waals surface area (Å²) in [5.74, 6) is 0. The van der Waals surface area contributed by atoms with E-state index in [4.69, 9.17) is 28.9 Å². The summed E-state index contributed by atoms with van der Waals surface area (Å²) in [6, 6.07) is 6.56. The van der Waals surface area contributed by atoms with Crippen LogP contribution in [-0.2, 0) is 16.4 Å². The Balaban J connectivity index is 1.99. The molecule has 3 N–H and O–H groups in total. The van der Waals surface area contributed by atoms with Crippen molar-refractivity contribution < 1.29 is 8.42 Å². The Morgan fingerprint density at radius 1 is 1.25 bits per heavy atom. The molecule has 1 aromatic carbocycles. The summed E-state index contributed by atoms with van der Waals surface area (Å²) in [5.41, 5.74) is 6.80. The van der Waals surface area contributed by atoms with Crippen molar-refractivity contribution in [1.82, 2.24) is 4.72 Å². The van der Waals surface area contributed by atoms with Crippen LogP contribution in [0.1, 0.15) is 5.56 Å². The minimum Gasteiger partial charge on any atom is -0.398 e. The second kappa shape index (κ2) is 6.32. The van der Waals surface area contributed by atoms with Gasteiger partial charge in [-0.25, -0.2) is 13.1 Å². The molecular formula is C12H12Cl2N2O2S2. The van der Waals surface area contributed by atoms with E-state index in [1.54, 1.807) is 23.6 Å². The quantitative estimate of drug-likeness (QED) is 0.869. The van der Waals surface area contributed by atoms with Crippen LogP contribution in [0.25, 0.3) is 0 Å². The second-order valence-corrected chi connectivity index (χ2v) is 7.83. The molecule has 0 aliphatic heterocycles. The molecule has 0 aliphatic rings. The third-order valence-electron chi connectivity index (χ3n) is 2.56. The summed E-state index contributed by atoms with van der Waals surface area (Å²) < 4.78 is 26.6. The predicted octanol–water partition coefficient (Wildman–Crippen LogP) is 3.16. The van der Waals surface area contributed by atoms with Gasteiger partial charge in [-0.2, -0.15) is 0 Å². The van der Waals surface area contributed by atoms with Crippen LogP contribution in [-0.4, -0.2) is 15.0 Å². The molecular weight excluding hydrogens is 339 g/mol. The number of nitrogens with two attached hydrogens (primary N) is 1. The summed E-state index contributed by atoms with van der Waals surface area (Å²) in [7, 11) is -3.51. The Morgan fingerprint density at radius 3 is 2.60 bits per heavy atom. The third kappa shape index (κ3) is 3.86. The molecule has 20 heavy (non-hydrogen) atoms. The monoisotopic (exact) mass is 350 g/mol. The first-order valence-corrected chi connectivity index (χ1v) is 8.78. The van der Waals surface area contributed by atoms with Crippen LogP contribution in [0.5, 0.6) is 0 Å². The molecule has 108 valence electrons. The molecule has 0 unspecified atom stereocenters. The summed E-state index contributed by atoms with van der Waals surface area (Å²) in [5, 5.41) is 2.66. The van der Waals surface area contributed by atoms with E-state index in [1.807, 2.05) is 0 Å². The SMILES string of the molecule is Nc1csc(S(=O)(=O)NCCc2ccc(Cl)cc2Cl)c1. The van der Waals surface area contributed by atoms with E-state index in [0.29, 0.717) is 22.2 Å². The van der Waals surface area contributed by atoms with Gasteiger partial charge in [-0.05, 0) is 30.2 Å². The van der Waals surface area contributed by atoms with Gasteiger partial charge in [0, 0.05) is 27.7 Å². The zero-order valence-corrected chi connectivity index (χ0v) is 13.4. The van der Waals surface area contributed by atoms with Crippen molar-refractivity contribution >= 4 is 50.2 Å². The maximum absolute atomic E-state index is 12.0. The standard InChI is InChI=1S/C12H12Cl2N2O2S2/c13-9-2-1-8(11(14)5-9)3-4-16-20(17,18)12-6-10(15)7-19-12/h1-2,5-7,16H,3-4,15H2. The van der Waals surface area contributed by atoms with Crippen LogP contribution in [0.15, 0.2) is 33.9 Å². The number of hydrogen-bond donors (Lipinski definition) is 2. The normalized spacial score (nSPS) is 11.7. The largest absolute Gasteiger partial charge is 0.398 e. The van der Waals surface area contributed by atoms with E-state index in [2.05, 4.69) is 4.72 Å². The van der Waals surface area contributed by atoms with Crippen molar-refractivity contribution in [2.24, 2.45) is 0 Å². The Kier molecular flexibility index (Phi) is 4.93. The molecule has 0 spiro atoms. The fourth-order valence-corrected chi connectivity index (χ4v) is 4.25. The molecule has 0 atom stereocenters. The lowest BCUT2D eigenvalue weighted by Crippen LogP contribution is -2.25. The molecule has 0 radical (unpaired) electrons. The van der Waals surface area contributed by atoms with Crippen LogP contribution in [0.2, 0.25) is 10.0 Å². The van der Waals surface area contributed by atoms with E-state index in [1.165, 1.54) is 6.07 Å². The van der Waals surface area contributed by atoms with Gasteiger partial charge >= 0.3 is 0 Å². The van der Waals surface area contributed by atoms with Gasteiger partial charge in [-0.1, -0.05) is 29.3 Å². The number of halogens is 2. The van der Waals surface area contributed by atoms with E-state index in [0.717, 1.165) is 16.9 Å². The minimum atomic E-state index is -3.51. The van der Waals surface area contributed by atoms with E-state index >= 15 is 0 Å². The molecule has 1 heterocycles. The van der Waals surface area contributed by atoms with Gasteiger partial charge in [-0.15, -0.1) is 11.3 Å². The third-order valence-corrected chi connectivity index (χ3v) is 6.07. The number of rotatable bonds is 5. The van der Waals surface area contributed by atoms with Gasteiger partial charge in [0.2, 0.25) is 10.0 Å². The molecule has 0 bridgehead atoms. The lowest BCUT2D eigenvalue weighted by atomic mass is 10.1. The van der Waals surface area contributed by atoms with E-state index < -0.39 is 10.0 Å². The van der Waals surface area contributed by atoms with Crippen LogP contribution >= 0.6 is 34.5 Å². The van der Waals surface area contributed by atoms with Gasteiger partial charge in [0.25, 0.3) is 0 Å². The average molecular weight is 351 g/mol. The fourth-order valence-electron chi connectivity index (χ4n) is 1.59. The predicted molar refractivity (Wildman–Crippen MR) is 84.1 cm³/mol. The number of nitrogens with one attached hydrogen (secondary N) is 1. The molecule has 4 nitrogen and oxygen atoms in total. The van der Waals surface area contributed by atoms with Gasteiger partial charge in [0.1, 0.15) is 4.21 Å². The van der Waals surface area contributed by atoms with Crippen molar-refractivity contribution in [2.75, 3.05) is 12.3 Å². The Hall–Kier alpha value is -0.790. The number of benzene rings is 1. The highest BCUT2D eigenvalue weighted by Crippen LogP contribution is 2.23. The topological polar surface area (TPSA) is 72.2 Å². The maximum atomic E-state index is 12.0. The maximum Gasteiger partial charge on any atom is 0.250 e. The van der Waals surface area contributed by atoms with Crippen LogP contribution in [0.4, 0.5) is 5.69 Å². The zero-order valence-electron chi connectivity index (χ0n) is 10.3. The highest BCUT2D eigenvalue weighted by molar-refractivity contribution is 7.91. The van der Waals surface area contributed by atoms with E-state index in [9.17, 15) is 8.42 Å². The molecule has 0 amide bonds. The van der Waals surface area contributed by atoms with Crippen molar-refractivity contribution in [3.05, 3.63) is 45.3 Å². The average Bonchev–Trinajstić information content (AvgIpc) is 2.79. The Bertz CT molecular complexity index is 714. The number of sulfonamides is 1. The highest BCUT2D eigenvalue weighted by Gasteiger charge is 2.15. The Morgan fingerprint density at radius 2 is 2.00 bits per heavy atom. The van der Waals surface area contributed by atoms with Gasteiger partial charge in [0.05, 0.1) is 0 Å². The highest BCUT2D eigenvalue weighted by atomic mass is 35.5. The van der Waals surface area contributed by atoms with Crippen LogP contribution in [0, 0.1) is 0 Å². The molecule has 0 saturated carbocycles. The Labute approximate surface area is 131 Å². The molecule has 2 aromatic rings. The van der Waals surface area contributed by atoms with Crippen molar-refractivity contribution in [1.29, 1.82) is 0 Å². The summed E-state index contributed by atoms with van der Waals surface area (Å²) >= 11 is 12.9. The molecule has 2 rings (SSSR count). The van der Waals surface area contributed by atoms with Crippen LogP contribution < -0.4 is 10.5 Å². The van der Waals surface area contributed by atoms with E-state index in [-0.39, 0.29) is 10.8 Å². The van der Waals surface area contributed by atoms with Gasteiger partial charge < -0.3 is 5.73 Å². The zero-order chi connectivity index (χ0) is 14.8. The molecule has 1 aromatic heterocycles. The first-order valence-electron chi connectivity index (χ1n) is 5.66. The summed E-state index contributed by atoms with van der Waals surface area (Å²) in [6.45, 7) is 0.251. The van der Waals surface area contributed by atoms with Crippen LogP contribution in [0.3, 0.4) is 0 Å². The first kappa shape index (κ1) is 15.6. The lowest BCUT2D eigenvalue weighted by molar-refractivity contribution is 0.584. The molecule has 0 fully saturated rings. The molecule has 0 aliphatic carbocycles. The smallest absolute Gasteiger partial charge is 0.250 e. The lowest BCUT2D eigenvalue weighted by Gasteiger charge is -2.06. The van der Waals surface area contributed by atoms with Crippen molar-refractivity contribution in [3.8, 4) is 0 Å². The van der Waals surface area contributed by atoms with Crippen molar-refractivity contribution in [3.63, 3.8) is 0 Å². The second-order valence-electron chi connectivity index (χ2n) is 4.08. The summed E-state index contributed by atoms with van der Waals surface area (Å²) in [4.78, 5) is 0. The number of hydrogen-bond acceptors (Lipinski definition) is 4. The number of thiophene rings is 1. The minimum absolute atomic E-state index is 0.206. The molecule has 8 heteroatoms. The van der Waals surface area contributed by atoms with Gasteiger partial charge in [0.15, 0.2) is 0 Å². The number of nitrogen functional groups attached to an aromatic ring is 1. The summed E-state index contributed by atoms with van der Waals surface area (Å²) in [6.07, 6.45) is 0.482.